The second-order valence-electron chi connectivity index (χ2n) is 3.99. The number of Topliss-reactive ketones (excluding diaryl/α,β-unsaturated/α-hetero) is 2. The van der Waals surface area contributed by atoms with Gasteiger partial charge in [-0.1, -0.05) is 6.07 Å². The molecule has 2 aromatic heterocycles. The van der Waals surface area contributed by atoms with Crippen LogP contribution in [0.5, 0.6) is 0 Å². The van der Waals surface area contributed by atoms with Crippen molar-refractivity contribution in [1.82, 2.24) is 4.40 Å². The van der Waals surface area contributed by atoms with Crippen LogP contribution in [-0.2, 0) is 4.79 Å². The lowest BCUT2D eigenvalue weighted by atomic mass is 10.1. The van der Waals surface area contributed by atoms with Crippen molar-refractivity contribution >= 4 is 17.1 Å². The largest absolute Gasteiger partial charge is 0.311 e. The lowest BCUT2D eigenvalue weighted by molar-refractivity contribution is -0.113. The van der Waals surface area contributed by atoms with Crippen LogP contribution in [0.4, 0.5) is 0 Å². The predicted molar refractivity (Wildman–Crippen MR) is 61.9 cm³/mol. The van der Waals surface area contributed by atoms with E-state index in [4.69, 9.17) is 0 Å². The molecule has 3 nitrogen and oxygen atoms in total. The Morgan fingerprint density at radius 3 is 2.50 bits per heavy atom. The zero-order valence-electron chi connectivity index (χ0n) is 9.57. The van der Waals surface area contributed by atoms with Gasteiger partial charge in [0.2, 0.25) is 11.6 Å². The van der Waals surface area contributed by atoms with E-state index in [-0.39, 0.29) is 0 Å². The molecule has 0 saturated carbocycles. The molecule has 0 atom stereocenters. The molecular formula is C13H13NO2. The first-order chi connectivity index (χ1) is 7.52. The fraction of sp³-hybridized carbons (Fsp3) is 0.231. The van der Waals surface area contributed by atoms with Gasteiger partial charge in [0.1, 0.15) is 5.69 Å². The van der Waals surface area contributed by atoms with E-state index in [2.05, 4.69) is 0 Å². The molecule has 2 rings (SSSR count). The maximum absolute atomic E-state index is 11.8. The maximum atomic E-state index is 11.8. The Hall–Kier alpha value is -1.90. The molecule has 0 unspecified atom stereocenters. The zero-order valence-corrected chi connectivity index (χ0v) is 9.57. The molecule has 0 aromatic carbocycles. The molecule has 0 N–H and O–H groups in total. The molecule has 16 heavy (non-hydrogen) atoms. The average Bonchev–Trinajstić information content (AvgIpc) is 2.54. The van der Waals surface area contributed by atoms with Gasteiger partial charge >= 0.3 is 0 Å². The Morgan fingerprint density at radius 1 is 1.19 bits per heavy atom. The first-order valence-electron chi connectivity index (χ1n) is 5.15. The van der Waals surface area contributed by atoms with Crippen molar-refractivity contribution < 1.29 is 9.59 Å². The number of carbonyl (C=O) groups is 2. The van der Waals surface area contributed by atoms with Gasteiger partial charge in [-0.3, -0.25) is 9.59 Å². The number of hydrogen-bond donors (Lipinski definition) is 0. The Morgan fingerprint density at radius 2 is 1.88 bits per heavy atom. The van der Waals surface area contributed by atoms with Crippen molar-refractivity contribution in [1.29, 1.82) is 0 Å². The van der Waals surface area contributed by atoms with Crippen LogP contribution in [0.15, 0.2) is 24.3 Å². The SMILES string of the molecule is CC(=O)C(=O)c1c(C)cc2cccc(C)n12. The Bertz CT molecular complexity index is 593. The summed E-state index contributed by atoms with van der Waals surface area (Å²) in [6, 6.07) is 7.70. The molecule has 0 aliphatic carbocycles. The van der Waals surface area contributed by atoms with Crippen molar-refractivity contribution in [2.75, 3.05) is 0 Å². The normalized spacial score (nSPS) is 10.7. The summed E-state index contributed by atoms with van der Waals surface area (Å²) in [4.78, 5) is 23.0. The number of ketones is 2. The fourth-order valence-corrected chi connectivity index (χ4v) is 1.97. The Balaban J connectivity index is 2.83. The third-order valence-corrected chi connectivity index (χ3v) is 2.71. The van der Waals surface area contributed by atoms with Crippen molar-refractivity contribution in [3.05, 3.63) is 41.2 Å². The number of carbonyl (C=O) groups excluding carboxylic acids is 2. The monoisotopic (exact) mass is 215 g/mol. The predicted octanol–water partition coefficient (Wildman–Crippen LogP) is 2.33. The van der Waals surface area contributed by atoms with E-state index in [0.717, 1.165) is 16.8 Å². The van der Waals surface area contributed by atoms with Crippen LogP contribution in [0.3, 0.4) is 0 Å². The number of rotatable bonds is 2. The number of pyridine rings is 1. The standard InChI is InChI=1S/C13H13NO2/c1-8-7-11-6-4-5-9(2)14(11)12(8)13(16)10(3)15/h4-7H,1-3H3. The number of hydrogen-bond acceptors (Lipinski definition) is 2. The van der Waals surface area contributed by atoms with E-state index >= 15 is 0 Å². The molecule has 2 heterocycles. The molecule has 0 spiro atoms. The molecule has 0 aliphatic rings. The first kappa shape index (κ1) is 10.6. The minimum absolute atomic E-state index is 0.424. The van der Waals surface area contributed by atoms with Gasteiger partial charge in [0.05, 0.1) is 0 Å². The van der Waals surface area contributed by atoms with E-state index in [1.165, 1.54) is 6.92 Å². The van der Waals surface area contributed by atoms with Gasteiger partial charge in [-0.2, -0.15) is 0 Å². The highest BCUT2D eigenvalue weighted by Crippen LogP contribution is 2.18. The van der Waals surface area contributed by atoms with E-state index in [9.17, 15) is 9.59 Å². The van der Waals surface area contributed by atoms with Crippen LogP contribution in [-0.4, -0.2) is 16.0 Å². The molecule has 82 valence electrons. The van der Waals surface area contributed by atoms with Crippen molar-refractivity contribution in [3.63, 3.8) is 0 Å². The summed E-state index contributed by atoms with van der Waals surface area (Å²) in [6.07, 6.45) is 0. The van der Waals surface area contributed by atoms with Crippen LogP contribution in [0.25, 0.3) is 5.52 Å². The average molecular weight is 215 g/mol. The lowest BCUT2D eigenvalue weighted by Gasteiger charge is -2.04. The highest BCUT2D eigenvalue weighted by atomic mass is 16.2. The van der Waals surface area contributed by atoms with Gasteiger partial charge in [-0.25, -0.2) is 0 Å². The van der Waals surface area contributed by atoms with Gasteiger partial charge in [0.25, 0.3) is 0 Å². The van der Waals surface area contributed by atoms with E-state index < -0.39 is 11.6 Å². The quantitative estimate of drug-likeness (QED) is 0.569. The molecule has 0 aliphatic heterocycles. The minimum atomic E-state index is -0.425. The van der Waals surface area contributed by atoms with Crippen LogP contribution < -0.4 is 0 Å². The smallest absolute Gasteiger partial charge is 0.245 e. The van der Waals surface area contributed by atoms with Crippen LogP contribution in [0.1, 0.15) is 28.7 Å². The Labute approximate surface area is 93.7 Å². The summed E-state index contributed by atoms with van der Waals surface area (Å²) >= 11 is 0. The van der Waals surface area contributed by atoms with Crippen molar-refractivity contribution in [2.45, 2.75) is 20.8 Å². The van der Waals surface area contributed by atoms with Gasteiger partial charge < -0.3 is 4.40 Å². The van der Waals surface area contributed by atoms with Gasteiger partial charge in [0, 0.05) is 18.1 Å². The first-order valence-corrected chi connectivity index (χ1v) is 5.15. The van der Waals surface area contributed by atoms with Crippen LogP contribution >= 0.6 is 0 Å². The second kappa shape index (κ2) is 3.59. The maximum Gasteiger partial charge on any atom is 0.245 e. The van der Waals surface area contributed by atoms with Crippen molar-refractivity contribution in [3.8, 4) is 0 Å². The van der Waals surface area contributed by atoms with E-state index in [0.29, 0.717) is 5.69 Å². The molecular weight excluding hydrogens is 202 g/mol. The molecule has 0 fully saturated rings. The molecule has 2 aromatic rings. The minimum Gasteiger partial charge on any atom is -0.311 e. The summed E-state index contributed by atoms with van der Waals surface area (Å²) in [6.45, 7) is 5.07. The summed E-state index contributed by atoms with van der Waals surface area (Å²) in [7, 11) is 0. The number of nitrogens with zero attached hydrogens (tertiary/aromatic N) is 1. The van der Waals surface area contributed by atoms with E-state index in [1.54, 1.807) is 0 Å². The highest BCUT2D eigenvalue weighted by molar-refractivity contribution is 6.42. The third kappa shape index (κ3) is 1.45. The summed E-state index contributed by atoms with van der Waals surface area (Å²) < 4.78 is 1.83. The number of aryl methyl sites for hydroxylation is 2. The van der Waals surface area contributed by atoms with E-state index in [1.807, 2.05) is 42.5 Å². The van der Waals surface area contributed by atoms with Gasteiger partial charge in [-0.15, -0.1) is 0 Å². The van der Waals surface area contributed by atoms with Gasteiger partial charge in [-0.05, 0) is 37.6 Å². The molecule has 3 heteroatoms. The molecule has 0 radical (unpaired) electrons. The summed E-state index contributed by atoms with van der Waals surface area (Å²) in [5.41, 5.74) is 3.23. The van der Waals surface area contributed by atoms with Crippen LogP contribution in [0.2, 0.25) is 0 Å². The molecule has 0 saturated heterocycles. The Kier molecular flexibility index (Phi) is 2.38. The molecule has 0 bridgehead atoms. The topological polar surface area (TPSA) is 38.5 Å². The van der Waals surface area contributed by atoms with Gasteiger partial charge in [0.15, 0.2) is 0 Å². The second-order valence-corrected chi connectivity index (χ2v) is 3.99. The summed E-state index contributed by atoms with van der Waals surface area (Å²) in [5.74, 6) is -0.849. The highest BCUT2D eigenvalue weighted by Gasteiger charge is 2.19. The fourth-order valence-electron chi connectivity index (χ4n) is 1.97. The summed E-state index contributed by atoms with van der Waals surface area (Å²) in [5, 5.41) is 0. The van der Waals surface area contributed by atoms with Crippen molar-refractivity contribution in [2.24, 2.45) is 0 Å². The zero-order chi connectivity index (χ0) is 11.9. The van der Waals surface area contributed by atoms with Crippen LogP contribution in [0, 0.1) is 13.8 Å². The number of aromatic nitrogens is 1. The lowest BCUT2D eigenvalue weighted by Crippen LogP contribution is -2.14. The third-order valence-electron chi connectivity index (χ3n) is 2.71. The molecule has 0 amide bonds. The number of fused-ring (bicyclic) bond motifs is 1.